The highest BCUT2D eigenvalue weighted by molar-refractivity contribution is 6.63. The number of ether oxygens (including phenoxy) is 1. The molecule has 0 bridgehead atoms. The number of ketones is 1. The minimum absolute atomic E-state index is 0.0418. The normalized spacial score (nSPS) is 18.0. The number of benzene rings is 2. The van der Waals surface area contributed by atoms with Gasteiger partial charge in [-0.1, -0.05) is 36.4 Å². The van der Waals surface area contributed by atoms with Crippen LogP contribution in [-0.4, -0.2) is 24.1 Å². The summed E-state index contributed by atoms with van der Waals surface area (Å²) < 4.78 is 18.0. The average molecular weight is 352 g/mol. The third-order valence-electron chi connectivity index (χ3n) is 5.16. The van der Waals surface area contributed by atoms with Gasteiger partial charge in [-0.05, 0) is 57.8 Å². The maximum absolute atomic E-state index is 12.2. The first kappa shape index (κ1) is 18.7. The Morgan fingerprint density at radius 2 is 1.62 bits per heavy atom. The van der Waals surface area contributed by atoms with E-state index in [2.05, 4.69) is 0 Å². The van der Waals surface area contributed by atoms with Gasteiger partial charge in [0.2, 0.25) is 0 Å². The van der Waals surface area contributed by atoms with Crippen molar-refractivity contribution in [2.24, 2.45) is 0 Å². The SMILES string of the molecule is CC(=O)c1cc(OCc2ccccc2)ccc1B1OC(C)(C)C(C)(C)O1. The predicted molar refractivity (Wildman–Crippen MR) is 103 cm³/mol. The summed E-state index contributed by atoms with van der Waals surface area (Å²) in [4.78, 5) is 12.2. The molecule has 1 saturated heterocycles. The van der Waals surface area contributed by atoms with Gasteiger partial charge in [-0.3, -0.25) is 4.79 Å². The van der Waals surface area contributed by atoms with Crippen LogP contribution in [0.5, 0.6) is 5.75 Å². The molecule has 0 aliphatic carbocycles. The molecule has 136 valence electrons. The van der Waals surface area contributed by atoms with E-state index in [9.17, 15) is 4.79 Å². The molecule has 0 radical (unpaired) electrons. The van der Waals surface area contributed by atoms with Crippen molar-refractivity contribution >= 4 is 18.4 Å². The molecule has 0 saturated carbocycles. The van der Waals surface area contributed by atoms with Crippen LogP contribution in [0.2, 0.25) is 0 Å². The van der Waals surface area contributed by atoms with Gasteiger partial charge in [0, 0.05) is 5.56 Å². The topological polar surface area (TPSA) is 44.8 Å². The monoisotopic (exact) mass is 352 g/mol. The van der Waals surface area contributed by atoms with Crippen LogP contribution in [0.1, 0.15) is 50.5 Å². The third-order valence-corrected chi connectivity index (χ3v) is 5.16. The molecule has 1 aliphatic rings. The summed E-state index contributed by atoms with van der Waals surface area (Å²) in [7, 11) is -0.568. The van der Waals surface area contributed by atoms with E-state index in [1.54, 1.807) is 13.0 Å². The van der Waals surface area contributed by atoms with Crippen LogP contribution >= 0.6 is 0 Å². The molecule has 1 heterocycles. The Morgan fingerprint density at radius 3 is 2.19 bits per heavy atom. The van der Waals surface area contributed by atoms with Crippen LogP contribution in [0.4, 0.5) is 0 Å². The van der Waals surface area contributed by atoms with Crippen LogP contribution in [0.3, 0.4) is 0 Å². The Kier molecular flexibility index (Phi) is 4.95. The second kappa shape index (κ2) is 6.90. The van der Waals surface area contributed by atoms with Gasteiger partial charge in [0.25, 0.3) is 0 Å². The summed E-state index contributed by atoms with van der Waals surface area (Å²) in [5, 5.41) is 0. The molecule has 3 rings (SSSR count). The van der Waals surface area contributed by atoms with E-state index < -0.39 is 18.3 Å². The molecule has 0 unspecified atom stereocenters. The average Bonchev–Trinajstić information content (AvgIpc) is 2.81. The largest absolute Gasteiger partial charge is 0.495 e. The van der Waals surface area contributed by atoms with Gasteiger partial charge < -0.3 is 14.0 Å². The Morgan fingerprint density at radius 1 is 1.00 bits per heavy atom. The van der Waals surface area contributed by atoms with E-state index in [4.69, 9.17) is 14.0 Å². The highest BCUT2D eigenvalue weighted by atomic mass is 16.7. The maximum Gasteiger partial charge on any atom is 0.495 e. The molecule has 2 aromatic carbocycles. The van der Waals surface area contributed by atoms with Crippen molar-refractivity contribution in [1.29, 1.82) is 0 Å². The van der Waals surface area contributed by atoms with E-state index >= 15 is 0 Å². The van der Waals surface area contributed by atoms with Crippen LogP contribution < -0.4 is 10.2 Å². The van der Waals surface area contributed by atoms with Crippen LogP contribution in [-0.2, 0) is 15.9 Å². The second-order valence-electron chi connectivity index (χ2n) is 7.67. The fourth-order valence-electron chi connectivity index (χ4n) is 2.85. The van der Waals surface area contributed by atoms with E-state index in [1.807, 2.05) is 70.2 Å². The van der Waals surface area contributed by atoms with Gasteiger partial charge in [0.05, 0.1) is 11.2 Å². The molecule has 26 heavy (non-hydrogen) atoms. The van der Waals surface area contributed by atoms with Crippen molar-refractivity contribution in [2.45, 2.75) is 52.4 Å². The summed E-state index contributed by atoms with van der Waals surface area (Å²) in [6.07, 6.45) is 0. The first-order chi connectivity index (χ1) is 12.2. The summed E-state index contributed by atoms with van der Waals surface area (Å²) in [6, 6.07) is 15.4. The molecule has 0 N–H and O–H groups in total. The fourth-order valence-corrected chi connectivity index (χ4v) is 2.85. The molecule has 0 amide bonds. The number of rotatable bonds is 5. The minimum atomic E-state index is -0.568. The van der Waals surface area contributed by atoms with Gasteiger partial charge in [0.15, 0.2) is 5.78 Å². The Hall–Kier alpha value is -2.11. The van der Waals surface area contributed by atoms with Crippen molar-refractivity contribution in [1.82, 2.24) is 0 Å². The maximum atomic E-state index is 12.2. The summed E-state index contributed by atoms with van der Waals surface area (Å²) in [5.74, 6) is 0.610. The molecule has 1 aliphatic heterocycles. The molecule has 0 aromatic heterocycles. The summed E-state index contributed by atoms with van der Waals surface area (Å²) in [6.45, 7) is 9.99. The minimum Gasteiger partial charge on any atom is -0.489 e. The van der Waals surface area contributed by atoms with Crippen molar-refractivity contribution in [3.63, 3.8) is 0 Å². The van der Waals surface area contributed by atoms with Gasteiger partial charge in [0.1, 0.15) is 12.4 Å². The van der Waals surface area contributed by atoms with E-state index in [0.29, 0.717) is 17.9 Å². The zero-order valence-corrected chi connectivity index (χ0v) is 16.0. The molecule has 4 nitrogen and oxygen atoms in total. The predicted octanol–water partition coefficient (Wildman–Crippen LogP) is 3.77. The Labute approximate surface area is 155 Å². The second-order valence-corrected chi connectivity index (χ2v) is 7.67. The first-order valence-corrected chi connectivity index (χ1v) is 8.87. The quantitative estimate of drug-likeness (QED) is 0.607. The fraction of sp³-hybridized carbons (Fsp3) is 0.381. The molecule has 1 fully saturated rings. The molecule has 2 aromatic rings. The number of carbonyl (C=O) groups excluding carboxylic acids is 1. The Balaban J connectivity index is 1.83. The molecule has 0 spiro atoms. The lowest BCUT2D eigenvalue weighted by molar-refractivity contribution is 0.00578. The number of Topliss-reactive ketones (excluding diaryl/α,β-unsaturated/α-hetero) is 1. The molecular weight excluding hydrogens is 327 g/mol. The smallest absolute Gasteiger partial charge is 0.489 e. The lowest BCUT2D eigenvalue weighted by Gasteiger charge is -2.32. The summed E-state index contributed by atoms with van der Waals surface area (Å²) >= 11 is 0. The van der Waals surface area contributed by atoms with Gasteiger partial charge >= 0.3 is 7.12 Å². The van der Waals surface area contributed by atoms with E-state index in [1.165, 1.54) is 0 Å². The van der Waals surface area contributed by atoms with Crippen molar-refractivity contribution < 1.29 is 18.8 Å². The lowest BCUT2D eigenvalue weighted by atomic mass is 9.75. The molecule has 5 heteroatoms. The molecular formula is C21H25BO4. The number of carbonyl (C=O) groups is 1. The molecule has 0 atom stereocenters. The zero-order valence-electron chi connectivity index (χ0n) is 16.0. The Bertz CT molecular complexity index is 783. The van der Waals surface area contributed by atoms with E-state index in [-0.39, 0.29) is 5.78 Å². The summed E-state index contributed by atoms with van der Waals surface area (Å²) in [5.41, 5.74) is 1.48. The van der Waals surface area contributed by atoms with Crippen LogP contribution in [0.15, 0.2) is 48.5 Å². The third kappa shape index (κ3) is 3.69. The van der Waals surface area contributed by atoms with E-state index in [0.717, 1.165) is 11.0 Å². The number of hydrogen-bond donors (Lipinski definition) is 0. The van der Waals surface area contributed by atoms with Gasteiger partial charge in [-0.25, -0.2) is 0 Å². The highest BCUT2D eigenvalue weighted by Crippen LogP contribution is 2.36. The number of hydrogen-bond acceptors (Lipinski definition) is 4. The van der Waals surface area contributed by atoms with Gasteiger partial charge in [-0.2, -0.15) is 0 Å². The zero-order chi connectivity index (χ0) is 18.9. The van der Waals surface area contributed by atoms with Crippen LogP contribution in [0.25, 0.3) is 0 Å². The first-order valence-electron chi connectivity index (χ1n) is 8.87. The van der Waals surface area contributed by atoms with Crippen molar-refractivity contribution in [3.8, 4) is 5.75 Å². The lowest BCUT2D eigenvalue weighted by Crippen LogP contribution is -2.41. The van der Waals surface area contributed by atoms with Gasteiger partial charge in [-0.15, -0.1) is 0 Å². The highest BCUT2D eigenvalue weighted by Gasteiger charge is 2.52. The van der Waals surface area contributed by atoms with Crippen molar-refractivity contribution in [3.05, 3.63) is 59.7 Å². The van der Waals surface area contributed by atoms with Crippen molar-refractivity contribution in [2.75, 3.05) is 0 Å². The van der Waals surface area contributed by atoms with Crippen LogP contribution in [0, 0.1) is 0 Å². The standard InChI is InChI=1S/C21H25BO4/c1-15(23)18-13-17(24-14-16-9-7-6-8-10-16)11-12-19(18)22-25-20(2,3)21(4,5)26-22/h6-13H,14H2,1-5H3.